The summed E-state index contributed by atoms with van der Waals surface area (Å²) >= 11 is 0. The van der Waals surface area contributed by atoms with E-state index < -0.39 is 28.5 Å². The first-order valence-corrected chi connectivity index (χ1v) is 14.1. The molecule has 204 valence electrons. The molecule has 0 fully saturated rings. The van der Waals surface area contributed by atoms with Crippen LogP contribution in [0.2, 0.25) is 0 Å². The molecule has 9 nitrogen and oxygen atoms in total. The summed E-state index contributed by atoms with van der Waals surface area (Å²) in [6, 6.07) is 11.6. The summed E-state index contributed by atoms with van der Waals surface area (Å²) < 4.78 is 37.3. The molecule has 0 aromatic heterocycles. The predicted molar refractivity (Wildman–Crippen MR) is 145 cm³/mol. The minimum Gasteiger partial charge on any atom is -0.497 e. The Morgan fingerprint density at radius 3 is 2.19 bits per heavy atom. The Morgan fingerprint density at radius 1 is 1.03 bits per heavy atom. The first-order chi connectivity index (χ1) is 17.4. The highest BCUT2D eigenvalue weighted by atomic mass is 32.2. The van der Waals surface area contributed by atoms with Crippen molar-refractivity contribution in [2.75, 3.05) is 37.9 Å². The SMILES string of the molecule is CC[C@@H](C(=O)NCC(C)C)N(Cc1ccc(C)cc1)C(=O)CN(c1ccc(OC)cc1OC)S(C)(=O)=O. The molecule has 0 saturated heterocycles. The number of hydrogen-bond donors (Lipinski definition) is 1. The van der Waals surface area contributed by atoms with E-state index in [9.17, 15) is 18.0 Å². The van der Waals surface area contributed by atoms with Gasteiger partial charge in [-0.15, -0.1) is 0 Å². The van der Waals surface area contributed by atoms with E-state index in [0.717, 1.165) is 21.7 Å². The minimum atomic E-state index is -3.89. The number of anilines is 1. The highest BCUT2D eigenvalue weighted by molar-refractivity contribution is 7.92. The van der Waals surface area contributed by atoms with E-state index in [1.807, 2.05) is 52.0 Å². The van der Waals surface area contributed by atoms with E-state index in [1.54, 1.807) is 12.1 Å². The zero-order valence-electron chi connectivity index (χ0n) is 22.8. The number of hydrogen-bond acceptors (Lipinski definition) is 6. The van der Waals surface area contributed by atoms with E-state index >= 15 is 0 Å². The maximum atomic E-state index is 13.8. The van der Waals surface area contributed by atoms with E-state index in [0.29, 0.717) is 18.7 Å². The average Bonchev–Trinajstić information content (AvgIpc) is 2.85. The van der Waals surface area contributed by atoms with Crippen LogP contribution in [-0.2, 0) is 26.2 Å². The smallest absolute Gasteiger partial charge is 0.244 e. The number of benzene rings is 2. The zero-order chi connectivity index (χ0) is 27.8. The molecule has 0 saturated carbocycles. The molecule has 0 spiro atoms. The maximum Gasteiger partial charge on any atom is 0.244 e. The van der Waals surface area contributed by atoms with Gasteiger partial charge in [-0.1, -0.05) is 50.6 Å². The molecule has 0 aliphatic rings. The third-order valence-corrected chi connectivity index (χ3v) is 7.01. The molecule has 0 aliphatic carbocycles. The number of ether oxygens (including phenoxy) is 2. The lowest BCUT2D eigenvalue weighted by molar-refractivity contribution is -0.140. The van der Waals surface area contributed by atoms with E-state index in [1.165, 1.54) is 25.2 Å². The summed E-state index contributed by atoms with van der Waals surface area (Å²) in [5.41, 5.74) is 2.10. The molecule has 10 heteroatoms. The van der Waals surface area contributed by atoms with Gasteiger partial charge in [-0.2, -0.15) is 0 Å². The van der Waals surface area contributed by atoms with Gasteiger partial charge in [0.2, 0.25) is 21.8 Å². The fourth-order valence-corrected chi connectivity index (χ4v) is 4.67. The van der Waals surface area contributed by atoms with Crippen molar-refractivity contribution in [2.24, 2.45) is 5.92 Å². The fourth-order valence-electron chi connectivity index (χ4n) is 3.82. The molecule has 1 atom stereocenters. The number of carbonyl (C=O) groups is 2. The van der Waals surface area contributed by atoms with Gasteiger partial charge in [0.15, 0.2) is 0 Å². The molecule has 1 N–H and O–H groups in total. The molecule has 0 heterocycles. The van der Waals surface area contributed by atoms with Gasteiger partial charge in [-0.25, -0.2) is 8.42 Å². The molecule has 0 aliphatic heterocycles. The summed E-state index contributed by atoms with van der Waals surface area (Å²) in [6.45, 7) is 7.90. The highest BCUT2D eigenvalue weighted by Gasteiger charge is 2.32. The number of aryl methyl sites for hydroxylation is 1. The predicted octanol–water partition coefficient (Wildman–Crippen LogP) is 3.36. The summed E-state index contributed by atoms with van der Waals surface area (Å²) in [4.78, 5) is 28.4. The van der Waals surface area contributed by atoms with Crippen LogP contribution in [0, 0.1) is 12.8 Å². The number of nitrogens with zero attached hydrogens (tertiary/aromatic N) is 2. The highest BCUT2D eigenvalue weighted by Crippen LogP contribution is 2.33. The fraction of sp³-hybridized carbons (Fsp3) is 0.481. The van der Waals surface area contributed by atoms with E-state index in [2.05, 4.69) is 5.32 Å². The van der Waals surface area contributed by atoms with Crippen LogP contribution in [-0.4, -0.2) is 64.7 Å². The van der Waals surface area contributed by atoms with Crippen molar-refractivity contribution in [1.82, 2.24) is 10.2 Å². The molecule has 2 aromatic carbocycles. The average molecular weight is 534 g/mol. The summed E-state index contributed by atoms with van der Waals surface area (Å²) in [7, 11) is -0.983. The van der Waals surface area contributed by atoms with Gasteiger partial charge < -0.3 is 19.7 Å². The second-order valence-electron chi connectivity index (χ2n) is 9.38. The molecular formula is C27H39N3O6S. The Hall–Kier alpha value is -3.27. The molecule has 0 bridgehead atoms. The van der Waals surface area contributed by atoms with Gasteiger partial charge in [0.25, 0.3) is 0 Å². The molecular weight excluding hydrogens is 494 g/mol. The molecule has 0 unspecified atom stereocenters. The lowest BCUT2D eigenvalue weighted by Gasteiger charge is -2.33. The lowest BCUT2D eigenvalue weighted by Crippen LogP contribution is -2.52. The summed E-state index contributed by atoms with van der Waals surface area (Å²) in [6.07, 6.45) is 1.40. The normalized spacial score (nSPS) is 12.1. The lowest BCUT2D eigenvalue weighted by atomic mass is 10.1. The second kappa shape index (κ2) is 13.3. The van der Waals surface area contributed by atoms with Gasteiger partial charge in [0.1, 0.15) is 24.1 Å². The molecule has 2 amide bonds. The number of sulfonamides is 1. The van der Waals surface area contributed by atoms with Crippen LogP contribution >= 0.6 is 0 Å². The van der Waals surface area contributed by atoms with Crippen molar-refractivity contribution < 1.29 is 27.5 Å². The van der Waals surface area contributed by atoms with Crippen LogP contribution in [0.15, 0.2) is 42.5 Å². The Kier molecular flexibility index (Phi) is 10.8. The van der Waals surface area contributed by atoms with Gasteiger partial charge >= 0.3 is 0 Å². The molecule has 0 radical (unpaired) electrons. The van der Waals surface area contributed by atoms with Crippen LogP contribution in [0.5, 0.6) is 11.5 Å². The topological polar surface area (TPSA) is 105 Å². The van der Waals surface area contributed by atoms with Crippen molar-refractivity contribution in [3.05, 3.63) is 53.6 Å². The number of amides is 2. The Morgan fingerprint density at radius 2 is 1.68 bits per heavy atom. The maximum absolute atomic E-state index is 13.8. The number of methoxy groups -OCH3 is 2. The van der Waals surface area contributed by atoms with Crippen LogP contribution < -0.4 is 19.1 Å². The molecule has 2 aromatic rings. The second-order valence-corrected chi connectivity index (χ2v) is 11.3. The van der Waals surface area contributed by atoms with E-state index in [4.69, 9.17) is 9.47 Å². The number of nitrogens with one attached hydrogen (secondary N) is 1. The molecule has 37 heavy (non-hydrogen) atoms. The third-order valence-electron chi connectivity index (χ3n) is 5.88. The van der Waals surface area contributed by atoms with Crippen LogP contribution in [0.3, 0.4) is 0 Å². The Balaban J connectivity index is 2.48. The van der Waals surface area contributed by atoms with Gasteiger partial charge in [-0.05, 0) is 37.0 Å². The first-order valence-electron chi connectivity index (χ1n) is 12.2. The number of carbonyl (C=O) groups excluding carboxylic acids is 2. The standard InChI is InChI=1S/C27H39N3O6S/c1-8-23(27(32)28-16-19(2)3)29(17-21-11-9-20(4)10-12-21)26(31)18-30(37(7,33)34)24-14-13-22(35-5)15-25(24)36-6/h9-15,19,23H,8,16-18H2,1-7H3,(H,28,32)/t23-/m0/s1. The summed E-state index contributed by atoms with van der Waals surface area (Å²) in [5, 5.41) is 2.91. The zero-order valence-corrected chi connectivity index (χ0v) is 23.6. The number of rotatable bonds is 13. The van der Waals surface area contributed by atoms with Gasteiger partial charge in [0.05, 0.1) is 26.2 Å². The van der Waals surface area contributed by atoms with Crippen LogP contribution in [0.1, 0.15) is 38.3 Å². The quantitative estimate of drug-likeness (QED) is 0.423. The van der Waals surface area contributed by atoms with Crippen molar-refractivity contribution in [3.8, 4) is 11.5 Å². The minimum absolute atomic E-state index is 0.157. The molecule has 2 rings (SSSR count). The van der Waals surface area contributed by atoms with Crippen LogP contribution in [0.25, 0.3) is 0 Å². The van der Waals surface area contributed by atoms with Crippen molar-refractivity contribution in [1.29, 1.82) is 0 Å². The van der Waals surface area contributed by atoms with Gasteiger partial charge in [0, 0.05) is 19.2 Å². The van der Waals surface area contributed by atoms with Crippen molar-refractivity contribution in [3.63, 3.8) is 0 Å². The summed E-state index contributed by atoms with van der Waals surface area (Å²) in [5.74, 6) is 0.185. The largest absolute Gasteiger partial charge is 0.497 e. The van der Waals surface area contributed by atoms with Gasteiger partial charge in [-0.3, -0.25) is 13.9 Å². The Bertz CT molecular complexity index is 1170. The third kappa shape index (κ3) is 8.38. The van der Waals surface area contributed by atoms with Crippen LogP contribution in [0.4, 0.5) is 5.69 Å². The Labute approximate surface area is 220 Å². The monoisotopic (exact) mass is 533 g/mol. The van der Waals surface area contributed by atoms with Crippen molar-refractivity contribution in [2.45, 2.75) is 46.7 Å². The van der Waals surface area contributed by atoms with E-state index in [-0.39, 0.29) is 29.8 Å². The first kappa shape index (κ1) is 30.0. The van der Waals surface area contributed by atoms with Crippen molar-refractivity contribution >= 4 is 27.5 Å².